The topological polar surface area (TPSA) is 27.6 Å². The predicted molar refractivity (Wildman–Crippen MR) is 79.8 cm³/mol. The monoisotopic (exact) mass is 265 g/mol. The van der Waals surface area contributed by atoms with Crippen molar-refractivity contribution in [3.63, 3.8) is 0 Å². The number of benzene rings is 1. The minimum absolute atomic E-state index is 0.514. The first-order chi connectivity index (χ1) is 8.15. The third kappa shape index (κ3) is 3.44. The number of aliphatic imine (C=N–C) groups is 1. The van der Waals surface area contributed by atoms with Crippen LogP contribution in [-0.2, 0) is 0 Å². The summed E-state index contributed by atoms with van der Waals surface area (Å²) in [5.41, 5.74) is 0.973. The Morgan fingerprint density at radius 2 is 2.18 bits per heavy atom. The second kappa shape index (κ2) is 5.51. The average molecular weight is 265 g/mol. The first-order valence-corrected chi connectivity index (χ1v) is 6.76. The number of hydrogen-bond donors (Lipinski definition) is 1. The van der Waals surface area contributed by atoms with Gasteiger partial charge >= 0.3 is 0 Å². The summed E-state index contributed by atoms with van der Waals surface area (Å²) in [5, 5.41) is 5.20. The Kier molecular flexibility index (Phi) is 4.02. The molecule has 2 rings (SSSR count). The number of nitrogens with one attached hydrogen (secondary N) is 1. The lowest BCUT2D eigenvalue weighted by atomic mass is 10.3. The van der Waals surface area contributed by atoms with Gasteiger partial charge in [-0.05, 0) is 24.4 Å². The molecule has 0 aliphatic carbocycles. The zero-order valence-corrected chi connectivity index (χ0v) is 11.5. The normalized spacial score (nSPS) is 21.9. The molecule has 1 aliphatic rings. The van der Waals surface area contributed by atoms with E-state index in [1.54, 1.807) is 11.8 Å². The van der Waals surface area contributed by atoms with Gasteiger partial charge in [0.2, 0.25) is 0 Å². The quantitative estimate of drug-likeness (QED) is 0.790. The highest BCUT2D eigenvalue weighted by atomic mass is 32.2. The molecule has 0 spiro atoms. The van der Waals surface area contributed by atoms with E-state index >= 15 is 0 Å². The van der Waals surface area contributed by atoms with Crippen LogP contribution < -0.4 is 5.32 Å². The van der Waals surface area contributed by atoms with Crippen molar-refractivity contribution < 1.29 is 0 Å². The van der Waals surface area contributed by atoms with E-state index in [1.165, 1.54) is 0 Å². The minimum Gasteiger partial charge on any atom is -0.353 e. The molecule has 1 fully saturated rings. The molecule has 1 aromatic rings. The highest BCUT2D eigenvalue weighted by Crippen LogP contribution is 2.23. The van der Waals surface area contributed by atoms with E-state index in [0.717, 1.165) is 17.4 Å². The first-order valence-electron chi connectivity index (χ1n) is 5.47. The summed E-state index contributed by atoms with van der Waals surface area (Å²) in [6, 6.07) is 9.86. The molecule has 0 aromatic heterocycles. The van der Waals surface area contributed by atoms with Crippen molar-refractivity contribution in [1.82, 2.24) is 4.90 Å². The van der Waals surface area contributed by atoms with Crippen molar-refractivity contribution in [2.24, 2.45) is 4.99 Å². The Bertz CT molecular complexity index is 431. The first kappa shape index (κ1) is 12.4. The molecule has 3 nitrogen and oxygen atoms in total. The molecule has 1 atom stereocenters. The second-order valence-electron chi connectivity index (χ2n) is 4.00. The van der Waals surface area contributed by atoms with Gasteiger partial charge in [-0.25, -0.2) is 0 Å². The Labute approximate surface area is 111 Å². The molecule has 1 N–H and O–H groups in total. The number of rotatable bonds is 1. The van der Waals surface area contributed by atoms with Crippen LogP contribution in [0.1, 0.15) is 6.92 Å². The molecule has 17 heavy (non-hydrogen) atoms. The van der Waals surface area contributed by atoms with E-state index in [-0.39, 0.29) is 0 Å². The van der Waals surface area contributed by atoms with Crippen molar-refractivity contribution in [2.45, 2.75) is 12.2 Å². The number of nitrogens with zero attached hydrogens (tertiary/aromatic N) is 2. The van der Waals surface area contributed by atoms with Crippen LogP contribution in [-0.4, -0.2) is 34.0 Å². The largest absolute Gasteiger partial charge is 0.353 e. The van der Waals surface area contributed by atoms with Gasteiger partial charge in [0.15, 0.2) is 10.3 Å². The van der Waals surface area contributed by atoms with Gasteiger partial charge in [0.1, 0.15) is 0 Å². The van der Waals surface area contributed by atoms with Crippen LogP contribution in [0.15, 0.2) is 35.3 Å². The molecule has 1 heterocycles. The van der Waals surface area contributed by atoms with Crippen LogP contribution in [0.2, 0.25) is 0 Å². The summed E-state index contributed by atoms with van der Waals surface area (Å²) in [5.74, 6) is 0. The number of hydrogen-bond acceptors (Lipinski definition) is 2. The molecule has 90 valence electrons. The number of amidine groups is 1. The third-order valence-electron chi connectivity index (χ3n) is 2.39. The number of thiocarbonyl (C=S) groups is 1. The summed E-state index contributed by atoms with van der Waals surface area (Å²) in [4.78, 5) is 6.56. The maximum atomic E-state index is 5.23. The standard InChI is InChI=1S/C12H15N3S2/c1-9-8-15(2)12(17-9)14-11(16)13-10-6-4-3-5-7-10/h3-7,9H,8H2,1-2H3,(H,13,16). The molecule has 0 bridgehead atoms. The summed E-state index contributed by atoms with van der Waals surface area (Å²) in [6.45, 7) is 3.22. The van der Waals surface area contributed by atoms with Crippen molar-refractivity contribution in [3.05, 3.63) is 30.3 Å². The maximum Gasteiger partial charge on any atom is 0.199 e. The maximum absolute atomic E-state index is 5.23. The smallest absolute Gasteiger partial charge is 0.199 e. The lowest BCUT2D eigenvalue weighted by molar-refractivity contribution is 0.533. The van der Waals surface area contributed by atoms with E-state index < -0.39 is 0 Å². The van der Waals surface area contributed by atoms with Gasteiger partial charge in [-0.3, -0.25) is 0 Å². The molecule has 1 aromatic carbocycles. The highest BCUT2D eigenvalue weighted by Gasteiger charge is 2.22. The van der Waals surface area contributed by atoms with Gasteiger partial charge in [0.05, 0.1) is 0 Å². The van der Waals surface area contributed by atoms with Gasteiger partial charge < -0.3 is 10.2 Å². The molecule has 1 unspecified atom stereocenters. The Hall–Kier alpha value is -1.07. The highest BCUT2D eigenvalue weighted by molar-refractivity contribution is 8.14. The van der Waals surface area contributed by atoms with Crippen molar-refractivity contribution in [1.29, 1.82) is 0 Å². The fourth-order valence-electron chi connectivity index (χ4n) is 1.64. The molecule has 1 saturated heterocycles. The van der Waals surface area contributed by atoms with Gasteiger partial charge in [-0.15, -0.1) is 0 Å². The van der Waals surface area contributed by atoms with E-state index in [4.69, 9.17) is 12.2 Å². The summed E-state index contributed by atoms with van der Waals surface area (Å²) < 4.78 is 0. The van der Waals surface area contributed by atoms with Crippen LogP contribution >= 0.6 is 24.0 Å². The van der Waals surface area contributed by atoms with Crippen molar-refractivity contribution in [2.75, 3.05) is 18.9 Å². The predicted octanol–water partition coefficient (Wildman–Crippen LogP) is 2.81. The van der Waals surface area contributed by atoms with E-state index in [9.17, 15) is 0 Å². The average Bonchev–Trinajstić information content (AvgIpc) is 2.58. The van der Waals surface area contributed by atoms with Crippen LogP contribution in [0.5, 0.6) is 0 Å². The molecule has 0 saturated carbocycles. The zero-order valence-electron chi connectivity index (χ0n) is 9.88. The fourth-order valence-corrected chi connectivity index (χ4v) is 2.96. The summed E-state index contributed by atoms with van der Waals surface area (Å²) in [6.07, 6.45) is 0. The van der Waals surface area contributed by atoms with Crippen LogP contribution in [0.4, 0.5) is 5.69 Å². The third-order valence-corrected chi connectivity index (χ3v) is 3.74. The number of thioether (sulfide) groups is 1. The van der Waals surface area contributed by atoms with Crippen LogP contribution in [0.25, 0.3) is 0 Å². The Morgan fingerprint density at radius 3 is 2.76 bits per heavy atom. The van der Waals surface area contributed by atoms with Crippen molar-refractivity contribution in [3.8, 4) is 0 Å². The summed E-state index contributed by atoms with van der Waals surface area (Å²) in [7, 11) is 2.04. The van der Waals surface area contributed by atoms with Gasteiger partial charge in [0, 0.05) is 24.5 Å². The summed E-state index contributed by atoms with van der Waals surface area (Å²) >= 11 is 6.99. The molecule has 5 heteroatoms. The van der Waals surface area contributed by atoms with Crippen LogP contribution in [0, 0.1) is 0 Å². The number of anilines is 1. The number of para-hydroxylation sites is 1. The van der Waals surface area contributed by atoms with E-state index in [1.807, 2.05) is 37.4 Å². The van der Waals surface area contributed by atoms with Crippen molar-refractivity contribution >= 4 is 39.9 Å². The van der Waals surface area contributed by atoms with Crippen LogP contribution in [0.3, 0.4) is 0 Å². The molecule has 1 aliphatic heterocycles. The molecule has 0 radical (unpaired) electrons. The van der Waals surface area contributed by atoms with Gasteiger partial charge in [0.25, 0.3) is 0 Å². The molecule has 0 amide bonds. The Balaban J connectivity index is 2.00. The van der Waals surface area contributed by atoms with Gasteiger partial charge in [-0.2, -0.15) is 4.99 Å². The lowest BCUT2D eigenvalue weighted by Gasteiger charge is -2.10. The minimum atomic E-state index is 0.514. The van der Waals surface area contributed by atoms with E-state index in [2.05, 4.69) is 22.1 Å². The Morgan fingerprint density at radius 1 is 1.47 bits per heavy atom. The second-order valence-corrected chi connectivity index (χ2v) is 5.79. The lowest BCUT2D eigenvalue weighted by Crippen LogP contribution is -2.21. The molecular formula is C12H15N3S2. The molecular weight excluding hydrogens is 250 g/mol. The van der Waals surface area contributed by atoms with Gasteiger partial charge in [-0.1, -0.05) is 36.9 Å². The SMILES string of the molecule is CC1CN(C)C(=NC(=S)Nc2ccccc2)S1. The zero-order chi connectivity index (χ0) is 12.3. The van der Waals surface area contributed by atoms with E-state index in [0.29, 0.717) is 10.4 Å². The fraction of sp³-hybridized carbons (Fsp3) is 0.333.